The second kappa shape index (κ2) is 2.98. The Bertz CT molecular complexity index is 431. The second-order valence-electron chi connectivity index (χ2n) is 5.92. The molecule has 4 heteroatoms. The molecule has 3 rings (SSSR count). The molecule has 0 radical (unpaired) electrons. The van der Waals surface area contributed by atoms with Crippen LogP contribution < -0.4 is 0 Å². The smallest absolute Gasteiger partial charge is 0.320 e. The Hall–Kier alpha value is -1.19. The van der Waals surface area contributed by atoms with Crippen molar-refractivity contribution >= 4 is 17.5 Å². The van der Waals surface area contributed by atoms with Gasteiger partial charge in [-0.2, -0.15) is 0 Å². The van der Waals surface area contributed by atoms with E-state index in [0.29, 0.717) is 19.3 Å². The molecule has 0 aromatic rings. The van der Waals surface area contributed by atoms with Crippen LogP contribution in [0.2, 0.25) is 0 Å². The van der Waals surface area contributed by atoms with Crippen LogP contribution >= 0.6 is 0 Å². The maximum atomic E-state index is 12.3. The Balaban J connectivity index is 2.19. The summed E-state index contributed by atoms with van der Waals surface area (Å²) in [4.78, 5) is 36.3. The Morgan fingerprint density at radius 1 is 1.41 bits per heavy atom. The molecule has 0 heterocycles. The van der Waals surface area contributed by atoms with Crippen LogP contribution in [0.3, 0.4) is 0 Å². The lowest BCUT2D eigenvalue weighted by atomic mass is 9.61. The van der Waals surface area contributed by atoms with Crippen molar-refractivity contribution in [2.45, 2.75) is 32.6 Å². The van der Waals surface area contributed by atoms with E-state index < -0.39 is 17.3 Å². The molecule has 4 nitrogen and oxygen atoms in total. The summed E-state index contributed by atoms with van der Waals surface area (Å²) in [6.45, 7) is 2.11. The molecule has 17 heavy (non-hydrogen) atoms. The quantitative estimate of drug-likeness (QED) is 0.505. The van der Waals surface area contributed by atoms with Crippen LogP contribution in [0.4, 0.5) is 0 Å². The molecule has 0 spiro atoms. The molecule has 0 saturated heterocycles. The summed E-state index contributed by atoms with van der Waals surface area (Å²) < 4.78 is 4.84. The third-order valence-corrected chi connectivity index (χ3v) is 5.31. The number of esters is 1. The molecule has 0 N–H and O–H groups in total. The maximum absolute atomic E-state index is 12.3. The van der Waals surface area contributed by atoms with E-state index in [0.717, 1.165) is 6.42 Å². The molecular weight excluding hydrogens is 220 g/mol. The van der Waals surface area contributed by atoms with Crippen LogP contribution in [0.1, 0.15) is 32.6 Å². The Morgan fingerprint density at radius 3 is 2.76 bits per heavy atom. The fourth-order valence-corrected chi connectivity index (χ4v) is 4.52. The number of ether oxygens (including phenoxy) is 1. The predicted molar refractivity (Wildman–Crippen MR) is 58.0 cm³/mol. The summed E-state index contributed by atoms with van der Waals surface area (Å²) in [7, 11) is 1.30. The van der Waals surface area contributed by atoms with Gasteiger partial charge in [0.05, 0.1) is 7.11 Å². The molecule has 0 aliphatic heterocycles. The van der Waals surface area contributed by atoms with Crippen molar-refractivity contribution in [3.05, 3.63) is 0 Å². The summed E-state index contributed by atoms with van der Waals surface area (Å²) in [5.41, 5.74) is -1.15. The first-order chi connectivity index (χ1) is 7.96. The normalized spacial score (nSPS) is 47.4. The van der Waals surface area contributed by atoms with E-state index in [4.69, 9.17) is 4.74 Å². The lowest BCUT2D eigenvalue weighted by Crippen LogP contribution is -2.49. The molecule has 4 atom stereocenters. The van der Waals surface area contributed by atoms with Crippen LogP contribution in [-0.2, 0) is 19.1 Å². The number of Topliss-reactive ketones (excluding diaryl/α,β-unsaturated/α-hetero) is 2. The van der Waals surface area contributed by atoms with Crippen molar-refractivity contribution in [3.63, 3.8) is 0 Å². The van der Waals surface area contributed by atoms with E-state index in [9.17, 15) is 14.4 Å². The van der Waals surface area contributed by atoms with E-state index in [1.807, 2.05) is 0 Å². The molecular formula is C13H16O4. The number of rotatable bonds is 1. The zero-order chi connectivity index (χ0) is 12.4. The Kier molecular flexibility index (Phi) is 1.91. The molecule has 3 aliphatic carbocycles. The Morgan fingerprint density at radius 2 is 2.12 bits per heavy atom. The monoisotopic (exact) mass is 236 g/mol. The van der Waals surface area contributed by atoms with Crippen LogP contribution in [-0.4, -0.2) is 24.6 Å². The van der Waals surface area contributed by atoms with Crippen molar-refractivity contribution in [2.24, 2.45) is 22.7 Å². The first-order valence-corrected chi connectivity index (χ1v) is 6.11. The van der Waals surface area contributed by atoms with E-state index in [-0.39, 0.29) is 22.9 Å². The van der Waals surface area contributed by atoms with Gasteiger partial charge in [0.1, 0.15) is 11.2 Å². The summed E-state index contributed by atoms with van der Waals surface area (Å²) in [6, 6.07) is 0. The van der Waals surface area contributed by atoms with Crippen molar-refractivity contribution in [2.75, 3.05) is 7.11 Å². The zero-order valence-corrected chi connectivity index (χ0v) is 10.1. The number of ketones is 2. The first-order valence-electron chi connectivity index (χ1n) is 6.11. The largest absolute Gasteiger partial charge is 0.468 e. The molecule has 3 aliphatic rings. The topological polar surface area (TPSA) is 60.4 Å². The fraction of sp³-hybridized carbons (Fsp3) is 0.769. The van der Waals surface area contributed by atoms with Crippen molar-refractivity contribution in [3.8, 4) is 0 Å². The number of hydrogen-bond donors (Lipinski definition) is 0. The minimum Gasteiger partial charge on any atom is -0.468 e. The molecule has 0 aromatic carbocycles. The van der Waals surface area contributed by atoms with E-state index in [1.54, 1.807) is 0 Å². The lowest BCUT2D eigenvalue weighted by Gasteiger charge is -2.40. The highest BCUT2D eigenvalue weighted by molar-refractivity contribution is 6.12. The average Bonchev–Trinajstić information content (AvgIpc) is 2.68. The minimum absolute atomic E-state index is 0.0271. The van der Waals surface area contributed by atoms with Gasteiger partial charge in [-0.3, -0.25) is 14.4 Å². The van der Waals surface area contributed by atoms with Crippen molar-refractivity contribution < 1.29 is 19.1 Å². The molecule has 0 amide bonds. The highest BCUT2D eigenvalue weighted by Gasteiger charge is 2.75. The van der Waals surface area contributed by atoms with Crippen LogP contribution in [0, 0.1) is 22.7 Å². The summed E-state index contributed by atoms with van der Waals surface area (Å²) in [5, 5.41) is 0. The van der Waals surface area contributed by atoms with Gasteiger partial charge in [-0.15, -0.1) is 0 Å². The minimum atomic E-state index is -1.13. The molecule has 4 unspecified atom stereocenters. The fourth-order valence-electron chi connectivity index (χ4n) is 4.52. The third-order valence-electron chi connectivity index (χ3n) is 5.31. The SMILES string of the molecule is COC(=O)C12C(=O)CCC3(C)CC1C(=O)CC32. The first kappa shape index (κ1) is 10.9. The van der Waals surface area contributed by atoms with Gasteiger partial charge in [0, 0.05) is 18.8 Å². The van der Waals surface area contributed by atoms with Gasteiger partial charge in [-0.1, -0.05) is 6.92 Å². The van der Waals surface area contributed by atoms with Crippen LogP contribution in [0.15, 0.2) is 0 Å². The van der Waals surface area contributed by atoms with Gasteiger partial charge in [-0.25, -0.2) is 0 Å². The third kappa shape index (κ3) is 0.980. The summed E-state index contributed by atoms with van der Waals surface area (Å²) in [6.07, 6.45) is 2.27. The maximum Gasteiger partial charge on any atom is 0.320 e. The Labute approximate surface area is 99.7 Å². The van der Waals surface area contributed by atoms with Crippen LogP contribution in [0.25, 0.3) is 0 Å². The molecule has 3 saturated carbocycles. The van der Waals surface area contributed by atoms with Crippen molar-refractivity contribution in [1.29, 1.82) is 0 Å². The summed E-state index contributed by atoms with van der Waals surface area (Å²) in [5.74, 6) is -1.01. The van der Waals surface area contributed by atoms with Gasteiger partial charge >= 0.3 is 5.97 Å². The van der Waals surface area contributed by atoms with Gasteiger partial charge in [0.25, 0.3) is 0 Å². The number of carbonyl (C=O) groups excluding carboxylic acids is 3. The predicted octanol–water partition coefficient (Wildman–Crippen LogP) is 1.12. The van der Waals surface area contributed by atoms with Gasteiger partial charge < -0.3 is 4.74 Å². The highest BCUT2D eigenvalue weighted by Crippen LogP contribution is 2.69. The van der Waals surface area contributed by atoms with E-state index >= 15 is 0 Å². The van der Waals surface area contributed by atoms with E-state index in [2.05, 4.69) is 6.92 Å². The lowest BCUT2D eigenvalue weighted by molar-refractivity contribution is -0.165. The standard InChI is InChI=1S/C13H16O4/c1-12-4-3-10(15)13(11(16)17-2)7(6-12)8(14)5-9(12)13/h7,9H,3-6H2,1-2H3. The summed E-state index contributed by atoms with van der Waals surface area (Å²) >= 11 is 0. The van der Waals surface area contributed by atoms with Gasteiger partial charge in [-0.05, 0) is 24.2 Å². The van der Waals surface area contributed by atoms with Crippen molar-refractivity contribution in [1.82, 2.24) is 0 Å². The van der Waals surface area contributed by atoms with Gasteiger partial charge in [0.2, 0.25) is 0 Å². The molecule has 3 fully saturated rings. The number of hydrogen-bond acceptors (Lipinski definition) is 4. The second-order valence-corrected chi connectivity index (χ2v) is 5.92. The van der Waals surface area contributed by atoms with Gasteiger partial charge in [0.15, 0.2) is 5.78 Å². The number of carbonyl (C=O) groups is 3. The molecule has 92 valence electrons. The molecule has 0 aromatic heterocycles. The zero-order valence-electron chi connectivity index (χ0n) is 10.1. The molecule has 4 bridgehead atoms. The van der Waals surface area contributed by atoms with Crippen LogP contribution in [0.5, 0.6) is 0 Å². The number of methoxy groups -OCH3 is 1. The highest BCUT2D eigenvalue weighted by atomic mass is 16.5. The van der Waals surface area contributed by atoms with E-state index in [1.165, 1.54) is 7.11 Å². The average molecular weight is 236 g/mol.